The molecule has 1 aromatic carbocycles. The Labute approximate surface area is 135 Å². The molecule has 23 heavy (non-hydrogen) atoms. The summed E-state index contributed by atoms with van der Waals surface area (Å²) in [6.07, 6.45) is 3.52. The van der Waals surface area contributed by atoms with E-state index in [9.17, 15) is 14.7 Å². The number of carbonyl (C=O) groups excluding carboxylic acids is 1. The van der Waals surface area contributed by atoms with Crippen molar-refractivity contribution in [2.75, 3.05) is 6.54 Å². The maximum absolute atomic E-state index is 12.7. The maximum Gasteiger partial charge on any atom is 0.329 e. The van der Waals surface area contributed by atoms with Crippen LogP contribution in [0.4, 0.5) is 0 Å². The quantitative estimate of drug-likeness (QED) is 0.943. The number of carboxylic acids is 1. The second kappa shape index (κ2) is 5.72. The van der Waals surface area contributed by atoms with Crippen LogP contribution in [0.25, 0.3) is 10.9 Å². The summed E-state index contributed by atoms with van der Waals surface area (Å²) < 4.78 is 2.12. The third-order valence-corrected chi connectivity index (χ3v) is 4.96. The van der Waals surface area contributed by atoms with Crippen LogP contribution in [0.3, 0.4) is 0 Å². The number of aromatic nitrogens is 1. The zero-order chi connectivity index (χ0) is 16.6. The highest BCUT2D eigenvalue weighted by Crippen LogP contribution is 2.31. The van der Waals surface area contributed by atoms with Crippen LogP contribution in [0, 0.1) is 0 Å². The van der Waals surface area contributed by atoms with Gasteiger partial charge >= 0.3 is 5.97 Å². The molecule has 1 fully saturated rings. The first-order chi connectivity index (χ1) is 11.0. The van der Waals surface area contributed by atoms with E-state index in [2.05, 4.69) is 11.5 Å². The Balaban J connectivity index is 1.90. The largest absolute Gasteiger partial charge is 0.480 e. The Morgan fingerprint density at radius 1 is 1.30 bits per heavy atom. The molecule has 0 bridgehead atoms. The van der Waals surface area contributed by atoms with Gasteiger partial charge in [-0.15, -0.1) is 0 Å². The Hall–Kier alpha value is -2.30. The second-order valence-corrected chi connectivity index (χ2v) is 6.36. The lowest BCUT2D eigenvalue weighted by Gasteiger charge is -2.31. The van der Waals surface area contributed by atoms with Crippen molar-refractivity contribution in [1.29, 1.82) is 0 Å². The number of hydrogen-bond acceptors (Lipinski definition) is 2. The molecule has 1 aliphatic rings. The average molecular weight is 314 g/mol. The molecule has 0 radical (unpaired) electrons. The lowest BCUT2D eigenvalue weighted by Crippen LogP contribution is -2.51. The molecule has 1 aromatic heterocycles. The van der Waals surface area contributed by atoms with Crippen molar-refractivity contribution in [3.05, 3.63) is 36.0 Å². The molecule has 0 aliphatic carbocycles. The maximum atomic E-state index is 12.7. The van der Waals surface area contributed by atoms with Crippen LogP contribution < -0.4 is 0 Å². The monoisotopic (exact) mass is 314 g/mol. The Bertz CT molecular complexity index is 765. The van der Waals surface area contributed by atoms with Gasteiger partial charge in [0.15, 0.2) is 0 Å². The summed E-state index contributed by atoms with van der Waals surface area (Å²) in [5.41, 5.74) is 1.01. The van der Waals surface area contributed by atoms with Gasteiger partial charge in [0.1, 0.15) is 5.54 Å². The van der Waals surface area contributed by atoms with Crippen LogP contribution in [0.2, 0.25) is 0 Å². The van der Waals surface area contributed by atoms with E-state index in [0.29, 0.717) is 13.0 Å². The summed E-state index contributed by atoms with van der Waals surface area (Å²) in [6, 6.07) is 8.02. The van der Waals surface area contributed by atoms with Crippen molar-refractivity contribution < 1.29 is 14.7 Å². The average Bonchev–Trinajstić information content (AvgIpc) is 3.09. The molecule has 1 N–H and O–H groups in total. The molecule has 2 aromatic rings. The fraction of sp³-hybridized carbons (Fsp3) is 0.444. The molecule has 5 heteroatoms. The van der Waals surface area contributed by atoms with E-state index < -0.39 is 11.5 Å². The number of aliphatic carboxylic acids is 1. The number of carboxylic acid groups (broad SMARTS) is 1. The molecule has 1 saturated heterocycles. The molecular weight excluding hydrogens is 292 g/mol. The molecule has 1 aliphatic heterocycles. The van der Waals surface area contributed by atoms with E-state index in [4.69, 9.17) is 0 Å². The van der Waals surface area contributed by atoms with E-state index >= 15 is 0 Å². The van der Waals surface area contributed by atoms with Gasteiger partial charge in [0, 0.05) is 30.2 Å². The smallest absolute Gasteiger partial charge is 0.329 e. The molecule has 0 saturated carbocycles. The standard InChI is InChI=1S/C18H22N2O3/c1-3-19-12-13(14-7-4-5-8-15(14)19)11-16(21)20-10-6-9-18(20,2)17(22)23/h4-5,7-8,12H,3,6,9-11H2,1-2H3,(H,22,23). The predicted octanol–water partition coefficient (Wildman–Crippen LogP) is 2.67. The van der Waals surface area contributed by atoms with Gasteiger partial charge < -0.3 is 14.6 Å². The van der Waals surface area contributed by atoms with E-state index in [1.165, 1.54) is 4.90 Å². The Morgan fingerprint density at radius 3 is 2.74 bits per heavy atom. The van der Waals surface area contributed by atoms with Crippen LogP contribution >= 0.6 is 0 Å². The van der Waals surface area contributed by atoms with E-state index in [0.717, 1.165) is 29.4 Å². The van der Waals surface area contributed by atoms with Crippen LogP contribution in [0.1, 0.15) is 32.3 Å². The second-order valence-electron chi connectivity index (χ2n) is 6.36. The molecule has 5 nitrogen and oxygen atoms in total. The van der Waals surface area contributed by atoms with Crippen molar-refractivity contribution in [1.82, 2.24) is 9.47 Å². The van der Waals surface area contributed by atoms with Crippen molar-refractivity contribution in [2.24, 2.45) is 0 Å². The zero-order valence-electron chi connectivity index (χ0n) is 13.6. The number of hydrogen-bond donors (Lipinski definition) is 1. The van der Waals surface area contributed by atoms with Crippen LogP contribution in [0.5, 0.6) is 0 Å². The minimum absolute atomic E-state index is 0.105. The van der Waals surface area contributed by atoms with Crippen LogP contribution in [-0.2, 0) is 22.6 Å². The topological polar surface area (TPSA) is 62.5 Å². The van der Waals surface area contributed by atoms with Gasteiger partial charge in [-0.3, -0.25) is 4.79 Å². The van der Waals surface area contributed by atoms with Gasteiger partial charge in [-0.2, -0.15) is 0 Å². The van der Waals surface area contributed by atoms with Crippen molar-refractivity contribution >= 4 is 22.8 Å². The highest BCUT2D eigenvalue weighted by Gasteiger charge is 2.45. The number of likely N-dealkylation sites (tertiary alicyclic amines) is 1. The van der Waals surface area contributed by atoms with Gasteiger partial charge in [-0.05, 0) is 38.3 Å². The number of aryl methyl sites for hydroxylation is 1. The first kappa shape index (κ1) is 15.6. The number of benzene rings is 1. The summed E-state index contributed by atoms with van der Waals surface area (Å²) in [4.78, 5) is 25.8. The van der Waals surface area contributed by atoms with E-state index in [1.54, 1.807) is 6.92 Å². The highest BCUT2D eigenvalue weighted by molar-refractivity contribution is 5.92. The van der Waals surface area contributed by atoms with Crippen LogP contribution in [-0.4, -0.2) is 38.5 Å². The summed E-state index contributed by atoms with van der Waals surface area (Å²) >= 11 is 0. The van der Waals surface area contributed by atoms with E-state index in [-0.39, 0.29) is 12.3 Å². The molecular formula is C18H22N2O3. The minimum atomic E-state index is -1.07. The van der Waals surface area contributed by atoms with Gasteiger partial charge in [-0.25, -0.2) is 4.79 Å². The fourth-order valence-electron chi connectivity index (χ4n) is 3.57. The highest BCUT2D eigenvalue weighted by atomic mass is 16.4. The van der Waals surface area contributed by atoms with Crippen LogP contribution in [0.15, 0.2) is 30.5 Å². The molecule has 1 unspecified atom stereocenters. The fourth-order valence-corrected chi connectivity index (χ4v) is 3.57. The molecule has 2 heterocycles. The number of nitrogens with zero attached hydrogens (tertiary/aromatic N) is 2. The van der Waals surface area contributed by atoms with Crippen molar-refractivity contribution in [3.63, 3.8) is 0 Å². The molecule has 0 spiro atoms. The first-order valence-electron chi connectivity index (χ1n) is 8.08. The third-order valence-electron chi connectivity index (χ3n) is 4.96. The number of rotatable bonds is 4. The Kier molecular flexibility index (Phi) is 3.88. The molecule has 1 atom stereocenters. The van der Waals surface area contributed by atoms with Crippen molar-refractivity contribution in [3.8, 4) is 0 Å². The summed E-state index contributed by atoms with van der Waals surface area (Å²) in [7, 11) is 0. The SMILES string of the molecule is CCn1cc(CC(=O)N2CCCC2(C)C(=O)O)c2ccccc21. The normalized spacial score (nSPS) is 21.0. The molecule has 122 valence electrons. The third kappa shape index (κ3) is 2.50. The summed E-state index contributed by atoms with van der Waals surface area (Å²) in [5, 5.41) is 10.5. The van der Waals surface area contributed by atoms with E-state index in [1.807, 2.05) is 30.5 Å². The zero-order valence-corrected chi connectivity index (χ0v) is 13.6. The Morgan fingerprint density at radius 2 is 2.04 bits per heavy atom. The predicted molar refractivity (Wildman–Crippen MR) is 88.3 cm³/mol. The first-order valence-corrected chi connectivity index (χ1v) is 8.08. The van der Waals surface area contributed by atoms with Crippen molar-refractivity contribution in [2.45, 2.75) is 45.2 Å². The minimum Gasteiger partial charge on any atom is -0.480 e. The van der Waals surface area contributed by atoms with Gasteiger partial charge in [0.2, 0.25) is 5.91 Å². The number of carbonyl (C=O) groups is 2. The lowest BCUT2D eigenvalue weighted by molar-refractivity contribution is -0.155. The van der Waals surface area contributed by atoms with Gasteiger partial charge in [0.25, 0.3) is 0 Å². The molecule has 1 amide bonds. The summed E-state index contributed by atoms with van der Waals surface area (Å²) in [6.45, 7) is 5.08. The lowest BCUT2D eigenvalue weighted by atomic mass is 9.98. The van der Waals surface area contributed by atoms with Gasteiger partial charge in [-0.1, -0.05) is 18.2 Å². The molecule has 3 rings (SSSR count). The number of amides is 1. The van der Waals surface area contributed by atoms with Gasteiger partial charge in [0.05, 0.1) is 6.42 Å². The number of para-hydroxylation sites is 1. The summed E-state index contributed by atoms with van der Waals surface area (Å²) in [5.74, 6) is -1.02. The number of fused-ring (bicyclic) bond motifs is 1.